The Morgan fingerprint density at radius 1 is 1.10 bits per heavy atom. The molecular formula is C23H26N4O2S. The van der Waals surface area contributed by atoms with Gasteiger partial charge in [0.1, 0.15) is 6.04 Å². The number of amides is 1. The first kappa shape index (κ1) is 20.5. The smallest absolute Gasteiger partial charge is 0.318 e. The van der Waals surface area contributed by atoms with Gasteiger partial charge in [0.2, 0.25) is 11.8 Å². The number of rotatable bonds is 7. The Balaban J connectivity index is 1.51. The number of carbonyl (C=O) groups excluding carboxylic acids is 1. The Kier molecular flexibility index (Phi) is 6.69. The van der Waals surface area contributed by atoms with Gasteiger partial charge in [0.05, 0.1) is 6.42 Å². The van der Waals surface area contributed by atoms with E-state index < -0.39 is 0 Å². The summed E-state index contributed by atoms with van der Waals surface area (Å²) >= 11 is 1.93. The molecular weight excluding hydrogens is 396 g/mol. The second kappa shape index (κ2) is 9.80. The Morgan fingerprint density at radius 2 is 1.83 bits per heavy atom. The van der Waals surface area contributed by atoms with Gasteiger partial charge in [0.25, 0.3) is 0 Å². The first-order valence-corrected chi connectivity index (χ1v) is 11.4. The highest BCUT2D eigenvalue weighted by Crippen LogP contribution is 2.23. The van der Waals surface area contributed by atoms with Crippen molar-refractivity contribution < 1.29 is 9.21 Å². The number of benzene rings is 2. The number of carbonyl (C=O) groups is 1. The summed E-state index contributed by atoms with van der Waals surface area (Å²) in [5.74, 6) is 2.50. The molecule has 1 amide bonds. The molecule has 1 aliphatic rings. The second-order valence-corrected chi connectivity index (χ2v) is 8.66. The molecule has 0 radical (unpaired) electrons. The monoisotopic (exact) mass is 422 g/mol. The maximum atomic E-state index is 12.8. The highest BCUT2D eigenvalue weighted by atomic mass is 32.2. The zero-order valence-electron chi connectivity index (χ0n) is 17.1. The van der Waals surface area contributed by atoms with Crippen LogP contribution < -0.4 is 10.2 Å². The number of aryl methyl sites for hydroxylation is 1. The van der Waals surface area contributed by atoms with Crippen molar-refractivity contribution in [3.8, 4) is 0 Å². The van der Waals surface area contributed by atoms with Gasteiger partial charge in [-0.15, -0.1) is 5.10 Å². The van der Waals surface area contributed by atoms with E-state index in [0.29, 0.717) is 24.7 Å². The van der Waals surface area contributed by atoms with Gasteiger partial charge in [0, 0.05) is 31.0 Å². The zero-order chi connectivity index (χ0) is 20.8. The van der Waals surface area contributed by atoms with Crippen LogP contribution in [0.4, 0.5) is 6.01 Å². The topological polar surface area (TPSA) is 71.3 Å². The Hall–Kier alpha value is -2.80. The van der Waals surface area contributed by atoms with E-state index in [1.807, 2.05) is 73.3 Å². The van der Waals surface area contributed by atoms with E-state index in [2.05, 4.69) is 20.4 Å². The molecule has 1 aliphatic heterocycles. The molecule has 30 heavy (non-hydrogen) atoms. The van der Waals surface area contributed by atoms with Crippen LogP contribution in [0.2, 0.25) is 0 Å². The predicted molar refractivity (Wildman–Crippen MR) is 120 cm³/mol. The molecule has 2 aromatic carbocycles. The predicted octanol–water partition coefficient (Wildman–Crippen LogP) is 3.57. The lowest BCUT2D eigenvalue weighted by Gasteiger charge is -2.24. The number of anilines is 1. The molecule has 1 atom stereocenters. The van der Waals surface area contributed by atoms with E-state index in [9.17, 15) is 4.79 Å². The van der Waals surface area contributed by atoms with Crippen molar-refractivity contribution in [2.24, 2.45) is 0 Å². The van der Waals surface area contributed by atoms with Gasteiger partial charge in [0.15, 0.2) is 0 Å². The van der Waals surface area contributed by atoms with Crippen molar-refractivity contribution in [1.29, 1.82) is 0 Å². The molecule has 156 valence electrons. The second-order valence-electron chi connectivity index (χ2n) is 7.44. The summed E-state index contributed by atoms with van der Waals surface area (Å²) in [7, 11) is 0. The highest BCUT2D eigenvalue weighted by Gasteiger charge is 2.24. The molecule has 0 bridgehead atoms. The van der Waals surface area contributed by atoms with E-state index in [-0.39, 0.29) is 11.9 Å². The van der Waals surface area contributed by atoms with E-state index in [4.69, 9.17) is 4.42 Å². The molecule has 4 rings (SSSR count). The van der Waals surface area contributed by atoms with Crippen molar-refractivity contribution in [2.75, 3.05) is 29.5 Å². The molecule has 0 saturated carbocycles. The maximum absolute atomic E-state index is 12.8. The highest BCUT2D eigenvalue weighted by molar-refractivity contribution is 7.99. The molecule has 3 aromatic rings. The summed E-state index contributed by atoms with van der Waals surface area (Å²) in [6.07, 6.45) is 0.917. The molecule has 1 aromatic heterocycles. The first-order chi connectivity index (χ1) is 14.7. The molecule has 1 fully saturated rings. The third kappa shape index (κ3) is 5.21. The summed E-state index contributed by atoms with van der Waals surface area (Å²) in [5, 5.41) is 11.7. The van der Waals surface area contributed by atoms with Gasteiger partial charge in [-0.2, -0.15) is 11.8 Å². The fraction of sp³-hybridized carbons (Fsp3) is 0.348. The quantitative estimate of drug-likeness (QED) is 0.628. The lowest BCUT2D eigenvalue weighted by atomic mass is 10.0. The maximum Gasteiger partial charge on any atom is 0.318 e. The van der Waals surface area contributed by atoms with Crippen LogP contribution in [0, 0.1) is 6.92 Å². The van der Waals surface area contributed by atoms with Gasteiger partial charge in [-0.1, -0.05) is 59.7 Å². The van der Waals surface area contributed by atoms with Crippen LogP contribution in [0.1, 0.15) is 28.6 Å². The molecule has 0 aliphatic carbocycles. The molecule has 0 spiro atoms. The number of nitrogens with one attached hydrogen (secondary N) is 1. The van der Waals surface area contributed by atoms with Crippen LogP contribution in [0.15, 0.2) is 59.0 Å². The minimum absolute atomic E-state index is 0.0562. The number of aromatic nitrogens is 2. The van der Waals surface area contributed by atoms with E-state index >= 15 is 0 Å². The SMILES string of the molecule is Cc1ccccc1CC(=O)N[C@H](Cc1ccccc1)c1nnc(N2CCSCC2)o1. The number of thioether (sulfide) groups is 1. The molecule has 1 N–H and O–H groups in total. The molecule has 1 saturated heterocycles. The van der Waals surface area contributed by atoms with Crippen LogP contribution >= 0.6 is 11.8 Å². The average Bonchev–Trinajstić information content (AvgIpc) is 3.27. The van der Waals surface area contributed by atoms with Crippen LogP contribution in [-0.2, 0) is 17.6 Å². The van der Waals surface area contributed by atoms with Crippen molar-refractivity contribution in [1.82, 2.24) is 15.5 Å². The van der Waals surface area contributed by atoms with Crippen molar-refractivity contribution in [3.05, 3.63) is 77.2 Å². The molecule has 6 nitrogen and oxygen atoms in total. The van der Waals surface area contributed by atoms with Crippen molar-refractivity contribution >= 4 is 23.7 Å². The molecule has 0 unspecified atom stereocenters. The standard InChI is InChI=1S/C23H26N4O2S/c1-17-7-5-6-10-19(17)16-21(28)24-20(15-18-8-3-2-4-9-18)22-25-26-23(29-22)27-11-13-30-14-12-27/h2-10,20H,11-16H2,1H3,(H,24,28)/t20-/m1/s1. The Labute approximate surface area is 181 Å². The van der Waals surface area contributed by atoms with Gasteiger partial charge in [-0.25, -0.2) is 0 Å². The minimum Gasteiger partial charge on any atom is -0.406 e. The normalized spacial score (nSPS) is 15.0. The Morgan fingerprint density at radius 3 is 2.60 bits per heavy atom. The number of hydrogen-bond acceptors (Lipinski definition) is 6. The van der Waals surface area contributed by atoms with Crippen molar-refractivity contribution in [2.45, 2.75) is 25.8 Å². The lowest BCUT2D eigenvalue weighted by molar-refractivity contribution is -0.121. The molecule has 7 heteroatoms. The van der Waals surface area contributed by atoms with Gasteiger partial charge in [-0.3, -0.25) is 4.79 Å². The van der Waals surface area contributed by atoms with Crippen LogP contribution in [-0.4, -0.2) is 40.7 Å². The van der Waals surface area contributed by atoms with Gasteiger partial charge in [-0.05, 0) is 23.6 Å². The van der Waals surface area contributed by atoms with Crippen molar-refractivity contribution in [3.63, 3.8) is 0 Å². The summed E-state index contributed by atoms with van der Waals surface area (Å²) in [6.45, 7) is 3.82. The van der Waals surface area contributed by atoms with Crippen LogP contribution in [0.5, 0.6) is 0 Å². The largest absolute Gasteiger partial charge is 0.406 e. The van der Waals surface area contributed by atoms with Gasteiger partial charge >= 0.3 is 6.01 Å². The summed E-state index contributed by atoms with van der Waals surface area (Å²) < 4.78 is 6.01. The van der Waals surface area contributed by atoms with E-state index in [1.54, 1.807) is 0 Å². The average molecular weight is 423 g/mol. The fourth-order valence-corrected chi connectivity index (χ4v) is 4.43. The lowest BCUT2D eigenvalue weighted by Crippen LogP contribution is -2.33. The number of nitrogens with zero attached hydrogens (tertiary/aromatic N) is 3. The van der Waals surface area contributed by atoms with Crippen LogP contribution in [0.3, 0.4) is 0 Å². The fourth-order valence-electron chi connectivity index (χ4n) is 3.53. The van der Waals surface area contributed by atoms with E-state index in [1.165, 1.54) is 0 Å². The third-order valence-corrected chi connectivity index (χ3v) is 6.18. The van der Waals surface area contributed by atoms with E-state index in [0.717, 1.165) is 41.3 Å². The third-order valence-electron chi connectivity index (χ3n) is 5.24. The summed E-state index contributed by atoms with van der Waals surface area (Å²) in [5.41, 5.74) is 3.23. The summed E-state index contributed by atoms with van der Waals surface area (Å²) in [4.78, 5) is 14.9. The van der Waals surface area contributed by atoms with Gasteiger partial charge < -0.3 is 14.6 Å². The Bertz CT molecular complexity index is 970. The first-order valence-electron chi connectivity index (χ1n) is 10.2. The zero-order valence-corrected chi connectivity index (χ0v) is 17.9. The number of hydrogen-bond donors (Lipinski definition) is 1. The molecule has 2 heterocycles. The minimum atomic E-state index is -0.371. The van der Waals surface area contributed by atoms with Crippen LogP contribution in [0.25, 0.3) is 0 Å². The summed E-state index contributed by atoms with van der Waals surface area (Å²) in [6, 6.07) is 18.2.